The van der Waals surface area contributed by atoms with E-state index in [4.69, 9.17) is 10.5 Å². The molecule has 2 aromatic carbocycles. The molecule has 0 bridgehead atoms. The molecule has 0 aliphatic carbocycles. The van der Waals surface area contributed by atoms with Gasteiger partial charge in [-0.25, -0.2) is 0 Å². The summed E-state index contributed by atoms with van der Waals surface area (Å²) in [5.74, 6) is -0.533. The van der Waals surface area contributed by atoms with Crippen LogP contribution in [0.1, 0.15) is 26.3 Å². The summed E-state index contributed by atoms with van der Waals surface area (Å²) >= 11 is 0. The molecule has 0 spiro atoms. The first-order valence-electron chi connectivity index (χ1n) is 7.98. The molecule has 7 heteroatoms. The molecule has 0 saturated heterocycles. The summed E-state index contributed by atoms with van der Waals surface area (Å²) in [6.07, 6.45) is 0. The summed E-state index contributed by atoms with van der Waals surface area (Å²) in [7, 11) is 3.24. The van der Waals surface area contributed by atoms with E-state index < -0.39 is 5.91 Å². The smallest absolute Gasteiger partial charge is 0.260 e. The second-order valence-electron chi connectivity index (χ2n) is 5.71. The van der Waals surface area contributed by atoms with Gasteiger partial charge in [0.2, 0.25) is 5.91 Å². The Morgan fingerprint density at radius 1 is 1.08 bits per heavy atom. The molecule has 26 heavy (non-hydrogen) atoms. The van der Waals surface area contributed by atoms with Gasteiger partial charge in [-0.15, -0.1) is 0 Å². The summed E-state index contributed by atoms with van der Waals surface area (Å²) in [5, 5.41) is 2.55. The summed E-state index contributed by atoms with van der Waals surface area (Å²) in [4.78, 5) is 36.4. The number of hydrogen-bond acceptors (Lipinski definition) is 4. The van der Waals surface area contributed by atoms with Gasteiger partial charge in [-0.1, -0.05) is 18.2 Å². The highest BCUT2D eigenvalue weighted by Gasteiger charge is 2.11. The third-order valence-corrected chi connectivity index (χ3v) is 3.77. The molecular weight excluding hydrogens is 334 g/mol. The number of nitrogens with one attached hydrogen (secondary N) is 1. The Hall–Kier alpha value is -3.35. The van der Waals surface area contributed by atoms with Gasteiger partial charge in [0.25, 0.3) is 11.8 Å². The first-order chi connectivity index (χ1) is 12.4. The molecule has 0 aliphatic rings. The minimum Gasteiger partial charge on any atom is -0.484 e. The summed E-state index contributed by atoms with van der Waals surface area (Å²) in [6, 6.07) is 13.4. The molecule has 3 N–H and O–H groups in total. The van der Waals surface area contributed by atoms with Crippen LogP contribution in [0, 0.1) is 0 Å². The van der Waals surface area contributed by atoms with Crippen molar-refractivity contribution >= 4 is 17.7 Å². The minimum atomic E-state index is -0.556. The zero-order valence-corrected chi connectivity index (χ0v) is 14.7. The van der Waals surface area contributed by atoms with Crippen molar-refractivity contribution in [3.05, 3.63) is 65.2 Å². The van der Waals surface area contributed by atoms with Gasteiger partial charge in [0.05, 0.1) is 0 Å². The monoisotopic (exact) mass is 355 g/mol. The van der Waals surface area contributed by atoms with Crippen LogP contribution in [0.3, 0.4) is 0 Å². The van der Waals surface area contributed by atoms with Gasteiger partial charge in [-0.2, -0.15) is 0 Å². The van der Waals surface area contributed by atoms with E-state index >= 15 is 0 Å². The molecule has 3 amide bonds. The molecule has 0 atom stereocenters. The van der Waals surface area contributed by atoms with Crippen LogP contribution in [-0.2, 0) is 11.3 Å². The lowest BCUT2D eigenvalue weighted by atomic mass is 10.1. The predicted molar refractivity (Wildman–Crippen MR) is 96.8 cm³/mol. The number of rotatable bonds is 7. The second-order valence-corrected chi connectivity index (χ2v) is 5.71. The molecule has 0 radical (unpaired) electrons. The average Bonchev–Trinajstić information content (AvgIpc) is 2.66. The first-order valence-corrected chi connectivity index (χ1v) is 7.98. The highest BCUT2D eigenvalue weighted by molar-refractivity contribution is 5.94. The zero-order chi connectivity index (χ0) is 19.1. The van der Waals surface area contributed by atoms with Crippen LogP contribution in [0.2, 0.25) is 0 Å². The van der Waals surface area contributed by atoms with Crippen molar-refractivity contribution in [3.63, 3.8) is 0 Å². The van der Waals surface area contributed by atoms with Gasteiger partial charge in [-0.05, 0) is 35.9 Å². The van der Waals surface area contributed by atoms with E-state index in [9.17, 15) is 14.4 Å². The zero-order valence-electron chi connectivity index (χ0n) is 14.7. The highest BCUT2D eigenvalue weighted by Crippen LogP contribution is 2.13. The fourth-order valence-electron chi connectivity index (χ4n) is 2.26. The Morgan fingerprint density at radius 2 is 1.77 bits per heavy atom. The number of amides is 3. The van der Waals surface area contributed by atoms with Gasteiger partial charge in [0.15, 0.2) is 6.61 Å². The Labute approximate surface area is 151 Å². The third-order valence-electron chi connectivity index (χ3n) is 3.77. The molecule has 0 heterocycles. The Morgan fingerprint density at radius 3 is 2.38 bits per heavy atom. The fraction of sp³-hybridized carbons (Fsp3) is 0.211. The van der Waals surface area contributed by atoms with Crippen molar-refractivity contribution in [2.45, 2.75) is 6.54 Å². The number of carbonyl (C=O) groups is 3. The quantitative estimate of drug-likeness (QED) is 0.779. The molecular formula is C19H21N3O4. The van der Waals surface area contributed by atoms with Crippen LogP contribution in [0.5, 0.6) is 5.75 Å². The number of nitrogens with two attached hydrogens (primary N) is 1. The molecule has 2 rings (SSSR count). The molecule has 0 fully saturated rings. The lowest BCUT2D eigenvalue weighted by molar-refractivity contribution is -0.132. The van der Waals surface area contributed by atoms with E-state index in [1.54, 1.807) is 56.6 Å². The van der Waals surface area contributed by atoms with Crippen molar-refractivity contribution in [1.29, 1.82) is 0 Å². The number of hydrogen-bond donors (Lipinski definition) is 2. The summed E-state index contributed by atoms with van der Waals surface area (Å²) in [5.41, 5.74) is 6.99. The maximum absolute atomic E-state index is 12.2. The van der Waals surface area contributed by atoms with Crippen molar-refractivity contribution < 1.29 is 19.1 Å². The van der Waals surface area contributed by atoms with Gasteiger partial charge < -0.3 is 20.7 Å². The number of benzene rings is 2. The topological polar surface area (TPSA) is 102 Å². The third kappa shape index (κ3) is 5.07. The van der Waals surface area contributed by atoms with Crippen LogP contribution in [-0.4, -0.2) is 43.3 Å². The molecule has 0 aliphatic heterocycles. The van der Waals surface area contributed by atoms with Gasteiger partial charge in [0.1, 0.15) is 5.75 Å². The van der Waals surface area contributed by atoms with E-state index in [1.807, 2.05) is 0 Å². The second kappa shape index (κ2) is 8.66. The van der Waals surface area contributed by atoms with E-state index in [0.717, 1.165) is 5.56 Å². The average molecular weight is 355 g/mol. The molecule has 136 valence electrons. The normalized spacial score (nSPS) is 10.1. The van der Waals surface area contributed by atoms with Crippen LogP contribution < -0.4 is 15.8 Å². The van der Waals surface area contributed by atoms with Gasteiger partial charge in [0, 0.05) is 31.8 Å². The largest absolute Gasteiger partial charge is 0.484 e. The molecule has 2 aromatic rings. The van der Waals surface area contributed by atoms with Crippen molar-refractivity contribution in [2.75, 3.05) is 20.7 Å². The van der Waals surface area contributed by atoms with Crippen LogP contribution in [0.4, 0.5) is 0 Å². The van der Waals surface area contributed by atoms with Gasteiger partial charge >= 0.3 is 0 Å². The summed E-state index contributed by atoms with van der Waals surface area (Å²) in [6.45, 7) is 0.229. The number of primary amides is 1. The lowest BCUT2D eigenvalue weighted by Gasteiger charge is -2.18. The van der Waals surface area contributed by atoms with E-state index in [2.05, 4.69) is 5.32 Å². The predicted octanol–water partition coefficient (Wildman–Crippen LogP) is 1.18. The van der Waals surface area contributed by atoms with E-state index in [0.29, 0.717) is 23.4 Å². The Kier molecular flexibility index (Phi) is 6.32. The number of carbonyl (C=O) groups excluding carboxylic acids is 3. The molecule has 7 nitrogen and oxygen atoms in total. The summed E-state index contributed by atoms with van der Waals surface area (Å²) < 4.78 is 5.43. The minimum absolute atomic E-state index is 0.158. The SMILES string of the molecule is CNC(=O)c1ccc(CN(C)C(=O)COc2cccc(C(N)=O)c2)cc1. The van der Waals surface area contributed by atoms with Gasteiger partial charge in [-0.3, -0.25) is 14.4 Å². The van der Waals surface area contributed by atoms with Crippen LogP contribution >= 0.6 is 0 Å². The molecule has 0 aromatic heterocycles. The van der Waals surface area contributed by atoms with Crippen molar-refractivity contribution in [3.8, 4) is 5.75 Å². The highest BCUT2D eigenvalue weighted by atomic mass is 16.5. The van der Waals surface area contributed by atoms with E-state index in [1.165, 1.54) is 11.0 Å². The van der Waals surface area contributed by atoms with Crippen LogP contribution in [0.15, 0.2) is 48.5 Å². The van der Waals surface area contributed by atoms with Crippen molar-refractivity contribution in [2.24, 2.45) is 5.73 Å². The standard InChI is InChI=1S/C19H21N3O4/c1-21-19(25)14-8-6-13(7-9-14)11-22(2)17(23)12-26-16-5-3-4-15(10-16)18(20)24/h3-10H,11-12H2,1-2H3,(H2,20,24)(H,21,25). The molecule has 0 saturated carbocycles. The van der Waals surface area contributed by atoms with E-state index in [-0.39, 0.29) is 18.4 Å². The molecule has 0 unspecified atom stereocenters. The number of likely N-dealkylation sites (N-methyl/N-ethyl adjacent to an activating group) is 1. The fourth-order valence-corrected chi connectivity index (χ4v) is 2.26. The lowest BCUT2D eigenvalue weighted by Crippen LogP contribution is -2.31. The van der Waals surface area contributed by atoms with Crippen molar-refractivity contribution in [1.82, 2.24) is 10.2 Å². The Balaban J connectivity index is 1.90. The Bertz CT molecular complexity index is 803. The maximum atomic E-state index is 12.2. The maximum Gasteiger partial charge on any atom is 0.260 e. The number of ether oxygens (including phenoxy) is 1. The first kappa shape index (κ1) is 19.0. The van der Waals surface area contributed by atoms with Crippen LogP contribution in [0.25, 0.3) is 0 Å². The number of nitrogens with zero attached hydrogens (tertiary/aromatic N) is 1.